The Labute approximate surface area is 79.0 Å². The minimum Gasteiger partial charge on any atom is -0.365 e. The molecule has 1 aromatic rings. The maximum Gasteiger partial charge on any atom is 0.271 e. The molecule has 0 atom stereocenters. The molecule has 0 fully saturated rings. The fourth-order valence-electron chi connectivity index (χ4n) is 0.866. The molecule has 0 aliphatic heterocycles. The average molecular weight is 199 g/mol. The van der Waals surface area contributed by atoms with Gasteiger partial charge in [0, 0.05) is 7.05 Å². The van der Waals surface area contributed by atoms with E-state index in [-0.39, 0.29) is 10.6 Å². The highest BCUT2D eigenvalue weighted by molar-refractivity contribution is 7.13. The van der Waals surface area contributed by atoms with Crippen LogP contribution in [0.25, 0.3) is 0 Å². The van der Waals surface area contributed by atoms with Crippen molar-refractivity contribution >= 4 is 23.2 Å². The summed E-state index contributed by atoms with van der Waals surface area (Å²) in [6, 6.07) is 0. The zero-order valence-electron chi connectivity index (χ0n) is 7.25. The van der Waals surface area contributed by atoms with Crippen LogP contribution in [0, 0.1) is 6.92 Å². The third kappa shape index (κ3) is 1.83. The molecule has 13 heavy (non-hydrogen) atoms. The Bertz CT molecular complexity index is 359. The van der Waals surface area contributed by atoms with Crippen LogP contribution in [0.1, 0.15) is 25.2 Å². The van der Waals surface area contributed by atoms with Gasteiger partial charge in [0.2, 0.25) is 0 Å². The summed E-state index contributed by atoms with van der Waals surface area (Å²) in [6.45, 7) is 1.71. The van der Waals surface area contributed by atoms with Crippen LogP contribution >= 0.6 is 11.3 Å². The third-order valence-corrected chi connectivity index (χ3v) is 2.39. The molecule has 3 N–H and O–H groups in total. The van der Waals surface area contributed by atoms with E-state index in [0.717, 1.165) is 11.3 Å². The molecule has 2 amide bonds. The van der Waals surface area contributed by atoms with Gasteiger partial charge in [-0.05, 0) is 6.92 Å². The number of rotatable bonds is 2. The zero-order chi connectivity index (χ0) is 10.0. The number of amides is 2. The van der Waals surface area contributed by atoms with Gasteiger partial charge in [0.25, 0.3) is 11.8 Å². The van der Waals surface area contributed by atoms with E-state index < -0.39 is 11.8 Å². The summed E-state index contributed by atoms with van der Waals surface area (Å²) < 4.78 is 0. The number of thiazole rings is 1. The van der Waals surface area contributed by atoms with E-state index in [4.69, 9.17) is 5.73 Å². The van der Waals surface area contributed by atoms with Gasteiger partial charge in [-0.3, -0.25) is 9.59 Å². The number of aromatic nitrogens is 1. The fourth-order valence-corrected chi connectivity index (χ4v) is 1.63. The van der Waals surface area contributed by atoms with Crippen LogP contribution in [0.15, 0.2) is 0 Å². The van der Waals surface area contributed by atoms with Crippen LogP contribution in [0.3, 0.4) is 0 Å². The van der Waals surface area contributed by atoms with E-state index in [9.17, 15) is 9.59 Å². The zero-order valence-corrected chi connectivity index (χ0v) is 8.07. The molecule has 0 spiro atoms. The van der Waals surface area contributed by atoms with E-state index in [1.54, 1.807) is 6.92 Å². The Balaban J connectivity index is 3.19. The van der Waals surface area contributed by atoms with E-state index >= 15 is 0 Å². The lowest BCUT2D eigenvalue weighted by atomic mass is 10.3. The van der Waals surface area contributed by atoms with E-state index in [1.165, 1.54) is 7.05 Å². The second-order valence-corrected chi connectivity index (χ2v) is 3.56. The molecule has 0 aliphatic rings. The lowest BCUT2D eigenvalue weighted by Gasteiger charge is -1.95. The molecule has 0 aliphatic carbocycles. The SMILES string of the molecule is CNC(=O)c1nc(C)sc1C(N)=O. The van der Waals surface area contributed by atoms with E-state index in [0.29, 0.717) is 5.01 Å². The molecule has 0 unspecified atom stereocenters. The van der Waals surface area contributed by atoms with Gasteiger partial charge in [-0.25, -0.2) is 4.98 Å². The molecule has 1 heterocycles. The Morgan fingerprint density at radius 1 is 1.54 bits per heavy atom. The fraction of sp³-hybridized carbons (Fsp3) is 0.286. The molecule has 6 heteroatoms. The van der Waals surface area contributed by atoms with Gasteiger partial charge < -0.3 is 11.1 Å². The predicted molar refractivity (Wildman–Crippen MR) is 48.8 cm³/mol. The van der Waals surface area contributed by atoms with Crippen molar-refractivity contribution in [3.05, 3.63) is 15.6 Å². The molecular weight excluding hydrogens is 190 g/mol. The quantitative estimate of drug-likeness (QED) is 0.698. The first kappa shape index (κ1) is 9.66. The number of carbonyl (C=O) groups excluding carboxylic acids is 2. The van der Waals surface area contributed by atoms with Gasteiger partial charge in [-0.2, -0.15) is 0 Å². The number of aryl methyl sites for hydroxylation is 1. The summed E-state index contributed by atoms with van der Waals surface area (Å²) in [5.74, 6) is -1.01. The first-order valence-corrected chi connectivity index (χ1v) is 4.37. The summed E-state index contributed by atoms with van der Waals surface area (Å²) in [6.07, 6.45) is 0. The topological polar surface area (TPSA) is 85.1 Å². The van der Waals surface area contributed by atoms with Crippen LogP contribution in [0.4, 0.5) is 0 Å². The lowest BCUT2D eigenvalue weighted by molar-refractivity contribution is 0.0941. The molecule has 0 bridgehead atoms. The van der Waals surface area contributed by atoms with Crippen molar-refractivity contribution in [2.24, 2.45) is 5.73 Å². The summed E-state index contributed by atoms with van der Waals surface area (Å²) in [4.78, 5) is 26.2. The van der Waals surface area contributed by atoms with Crippen molar-refractivity contribution in [2.75, 3.05) is 7.05 Å². The van der Waals surface area contributed by atoms with Crippen molar-refractivity contribution < 1.29 is 9.59 Å². The Morgan fingerprint density at radius 2 is 2.15 bits per heavy atom. The van der Waals surface area contributed by atoms with Crippen molar-refractivity contribution in [3.8, 4) is 0 Å². The molecule has 0 saturated heterocycles. The normalized spacial score (nSPS) is 9.69. The highest BCUT2D eigenvalue weighted by Crippen LogP contribution is 2.16. The number of nitrogens with zero attached hydrogens (tertiary/aromatic N) is 1. The number of hydrogen-bond acceptors (Lipinski definition) is 4. The van der Waals surface area contributed by atoms with Gasteiger partial charge in [-0.15, -0.1) is 11.3 Å². The first-order chi connectivity index (χ1) is 6.06. The summed E-state index contributed by atoms with van der Waals surface area (Å²) in [7, 11) is 1.47. The van der Waals surface area contributed by atoms with E-state index in [1.807, 2.05) is 0 Å². The highest BCUT2D eigenvalue weighted by Gasteiger charge is 2.19. The van der Waals surface area contributed by atoms with Gasteiger partial charge in [0.15, 0.2) is 5.69 Å². The molecule has 0 radical (unpaired) electrons. The van der Waals surface area contributed by atoms with Gasteiger partial charge in [0.05, 0.1) is 5.01 Å². The summed E-state index contributed by atoms with van der Waals surface area (Å²) >= 11 is 1.12. The molecule has 0 aromatic carbocycles. The Hall–Kier alpha value is -1.43. The van der Waals surface area contributed by atoms with Crippen LogP contribution in [0.2, 0.25) is 0 Å². The molecular formula is C7H9N3O2S. The van der Waals surface area contributed by atoms with Crippen molar-refractivity contribution in [3.63, 3.8) is 0 Å². The minimum atomic E-state index is -0.621. The second kappa shape index (κ2) is 3.53. The first-order valence-electron chi connectivity index (χ1n) is 3.55. The summed E-state index contributed by atoms with van der Waals surface area (Å²) in [5.41, 5.74) is 5.18. The monoisotopic (exact) mass is 199 g/mol. The number of primary amides is 1. The smallest absolute Gasteiger partial charge is 0.271 e. The predicted octanol–water partition coefficient (Wildman–Crippen LogP) is -0.0900. The number of nitrogens with one attached hydrogen (secondary N) is 1. The maximum atomic E-state index is 11.2. The van der Waals surface area contributed by atoms with Gasteiger partial charge in [0.1, 0.15) is 4.88 Å². The number of hydrogen-bond donors (Lipinski definition) is 2. The maximum absolute atomic E-state index is 11.2. The minimum absolute atomic E-state index is 0.109. The highest BCUT2D eigenvalue weighted by atomic mass is 32.1. The van der Waals surface area contributed by atoms with Crippen molar-refractivity contribution in [2.45, 2.75) is 6.92 Å². The molecule has 1 rings (SSSR count). The Morgan fingerprint density at radius 3 is 2.62 bits per heavy atom. The number of carbonyl (C=O) groups is 2. The Kier molecular flexibility index (Phi) is 2.62. The third-order valence-electron chi connectivity index (χ3n) is 1.40. The second-order valence-electron chi connectivity index (χ2n) is 2.35. The van der Waals surface area contributed by atoms with Crippen LogP contribution in [-0.4, -0.2) is 23.8 Å². The van der Waals surface area contributed by atoms with Crippen LogP contribution in [-0.2, 0) is 0 Å². The standard InChI is InChI=1S/C7H9N3O2S/c1-3-10-4(7(12)9-2)5(13-3)6(8)11/h1-2H3,(H2,8,11)(H,9,12). The lowest BCUT2D eigenvalue weighted by Crippen LogP contribution is -2.22. The number of nitrogens with two attached hydrogens (primary N) is 1. The van der Waals surface area contributed by atoms with Crippen LogP contribution < -0.4 is 11.1 Å². The molecule has 0 saturated carbocycles. The molecule has 70 valence electrons. The van der Waals surface area contributed by atoms with Crippen molar-refractivity contribution in [1.82, 2.24) is 10.3 Å². The van der Waals surface area contributed by atoms with E-state index in [2.05, 4.69) is 10.3 Å². The van der Waals surface area contributed by atoms with Crippen molar-refractivity contribution in [1.29, 1.82) is 0 Å². The molecule has 1 aromatic heterocycles. The molecule has 5 nitrogen and oxygen atoms in total. The summed E-state index contributed by atoms with van der Waals surface area (Å²) in [5, 5.41) is 3.03. The van der Waals surface area contributed by atoms with Gasteiger partial charge >= 0.3 is 0 Å². The average Bonchev–Trinajstić information content (AvgIpc) is 2.46. The van der Waals surface area contributed by atoms with Gasteiger partial charge in [-0.1, -0.05) is 0 Å². The van der Waals surface area contributed by atoms with Crippen LogP contribution in [0.5, 0.6) is 0 Å². The largest absolute Gasteiger partial charge is 0.365 e.